The van der Waals surface area contributed by atoms with Gasteiger partial charge in [-0.1, -0.05) is 23.2 Å². The minimum atomic E-state index is 0.473. The molecule has 2 aromatic heterocycles. The number of nitrogens with zero attached hydrogens (tertiary/aromatic N) is 2. The largest absolute Gasteiger partial charge is 0.497 e. The molecule has 0 radical (unpaired) electrons. The van der Waals surface area contributed by atoms with Crippen LogP contribution in [0.4, 0.5) is 0 Å². The van der Waals surface area contributed by atoms with E-state index in [1.807, 2.05) is 6.20 Å². The molecule has 1 aliphatic rings. The summed E-state index contributed by atoms with van der Waals surface area (Å²) in [6.07, 6.45) is 10.2. The van der Waals surface area contributed by atoms with Crippen LogP contribution in [0.25, 0.3) is 0 Å². The van der Waals surface area contributed by atoms with Gasteiger partial charge in [0.05, 0.1) is 13.3 Å². The number of fused-ring (bicyclic) bond motifs is 1. The molecule has 1 atom stereocenters. The van der Waals surface area contributed by atoms with Crippen LogP contribution in [0.1, 0.15) is 34.8 Å². The van der Waals surface area contributed by atoms with Crippen molar-refractivity contribution in [3.63, 3.8) is 0 Å². The number of aromatic nitrogens is 3. The molecule has 1 aliphatic carbocycles. The fraction of sp³-hybridized carbons (Fsp3) is 0.316. The number of hydrogen-bond acceptors (Lipinski definition) is 2. The molecule has 0 amide bonds. The monoisotopic (exact) mass is 375 g/mol. The lowest BCUT2D eigenvalue weighted by atomic mass is 9.93. The quantitative estimate of drug-likeness (QED) is 0.708. The van der Waals surface area contributed by atoms with Crippen molar-refractivity contribution in [3.8, 4) is 5.75 Å². The summed E-state index contributed by atoms with van der Waals surface area (Å²) >= 11 is 12.8. The van der Waals surface area contributed by atoms with Gasteiger partial charge in [-0.2, -0.15) is 5.10 Å². The smallest absolute Gasteiger partial charge is 0.121 e. The lowest BCUT2D eigenvalue weighted by molar-refractivity contribution is 0.414. The van der Waals surface area contributed by atoms with Crippen molar-refractivity contribution < 1.29 is 4.74 Å². The standard InChI is InChI=1S/C19H19Cl2N3O/c1-25-15-8-17(20)16(18(21)9-15)6-12-4-5-24(11-12)14-2-3-19-13(7-14)10-22-23-19/h4-5,8-11,14H,2-3,6-7H2,1H3,(H,22,23). The van der Waals surface area contributed by atoms with Gasteiger partial charge in [0.25, 0.3) is 0 Å². The number of ether oxygens (including phenoxy) is 1. The highest BCUT2D eigenvalue weighted by atomic mass is 35.5. The van der Waals surface area contributed by atoms with Gasteiger partial charge < -0.3 is 9.30 Å². The van der Waals surface area contributed by atoms with Gasteiger partial charge in [0.2, 0.25) is 0 Å². The molecule has 1 N–H and O–H groups in total. The van der Waals surface area contributed by atoms with Gasteiger partial charge in [0.15, 0.2) is 0 Å². The molecule has 0 spiro atoms. The van der Waals surface area contributed by atoms with E-state index < -0.39 is 0 Å². The molecule has 0 bridgehead atoms. The van der Waals surface area contributed by atoms with Crippen LogP contribution in [0.2, 0.25) is 10.0 Å². The Balaban J connectivity index is 1.53. The van der Waals surface area contributed by atoms with Gasteiger partial charge in [-0.3, -0.25) is 5.10 Å². The Morgan fingerprint density at radius 2 is 2.12 bits per heavy atom. The number of nitrogens with one attached hydrogen (secondary N) is 1. The van der Waals surface area contributed by atoms with E-state index in [9.17, 15) is 0 Å². The van der Waals surface area contributed by atoms with E-state index in [1.54, 1.807) is 19.2 Å². The van der Waals surface area contributed by atoms with Gasteiger partial charge >= 0.3 is 0 Å². The average Bonchev–Trinajstić information content (AvgIpc) is 3.26. The highest BCUT2D eigenvalue weighted by Gasteiger charge is 2.21. The topological polar surface area (TPSA) is 42.8 Å². The SMILES string of the molecule is COc1cc(Cl)c(Cc2ccn(C3CCc4[nH]ncc4C3)c2)c(Cl)c1. The predicted molar refractivity (Wildman–Crippen MR) is 99.9 cm³/mol. The van der Waals surface area contributed by atoms with Crippen molar-refractivity contribution >= 4 is 23.2 Å². The molecule has 0 saturated heterocycles. The number of aromatic amines is 1. The van der Waals surface area contributed by atoms with Crippen LogP contribution in [0.3, 0.4) is 0 Å². The molecule has 0 aliphatic heterocycles. The molecule has 0 fully saturated rings. The molecule has 25 heavy (non-hydrogen) atoms. The summed E-state index contributed by atoms with van der Waals surface area (Å²) in [6.45, 7) is 0. The van der Waals surface area contributed by atoms with Crippen LogP contribution in [0.15, 0.2) is 36.8 Å². The molecule has 2 heterocycles. The number of rotatable bonds is 4. The minimum absolute atomic E-state index is 0.473. The maximum atomic E-state index is 6.38. The highest BCUT2D eigenvalue weighted by molar-refractivity contribution is 6.36. The molecule has 130 valence electrons. The number of benzene rings is 1. The third-order valence-corrected chi connectivity index (χ3v) is 5.59. The fourth-order valence-electron chi connectivity index (χ4n) is 3.51. The Hall–Kier alpha value is -1.91. The molecule has 1 aromatic carbocycles. The second-order valence-corrected chi connectivity index (χ2v) is 7.30. The van der Waals surface area contributed by atoms with Crippen LogP contribution >= 0.6 is 23.2 Å². The van der Waals surface area contributed by atoms with E-state index >= 15 is 0 Å². The first-order valence-corrected chi connectivity index (χ1v) is 9.09. The van der Waals surface area contributed by atoms with Gasteiger partial charge in [-0.25, -0.2) is 0 Å². The lowest BCUT2D eigenvalue weighted by Crippen LogP contribution is -2.16. The lowest BCUT2D eigenvalue weighted by Gasteiger charge is -2.23. The van der Waals surface area contributed by atoms with Crippen molar-refractivity contribution in [2.24, 2.45) is 0 Å². The molecule has 0 saturated carbocycles. The Morgan fingerprint density at radius 3 is 2.88 bits per heavy atom. The van der Waals surface area contributed by atoms with Crippen LogP contribution in [-0.4, -0.2) is 21.9 Å². The molecule has 1 unspecified atom stereocenters. The van der Waals surface area contributed by atoms with Crippen LogP contribution < -0.4 is 4.74 Å². The Kier molecular flexibility index (Phi) is 4.48. The maximum absolute atomic E-state index is 6.38. The summed E-state index contributed by atoms with van der Waals surface area (Å²) in [6, 6.07) is 6.23. The molecule has 3 aromatic rings. The van der Waals surface area contributed by atoms with Crippen molar-refractivity contribution in [3.05, 3.63) is 69.2 Å². The summed E-state index contributed by atoms with van der Waals surface area (Å²) in [5, 5.41) is 8.52. The zero-order chi connectivity index (χ0) is 17.4. The third kappa shape index (κ3) is 3.29. The Morgan fingerprint density at radius 1 is 1.32 bits per heavy atom. The first-order chi connectivity index (χ1) is 12.1. The first-order valence-electron chi connectivity index (χ1n) is 8.33. The van der Waals surface area contributed by atoms with Gasteiger partial charge in [0, 0.05) is 40.6 Å². The molecule has 4 nitrogen and oxygen atoms in total. The number of aryl methyl sites for hydroxylation is 1. The second kappa shape index (κ2) is 6.77. The van der Waals surface area contributed by atoms with Gasteiger partial charge in [-0.15, -0.1) is 0 Å². The van der Waals surface area contributed by atoms with Crippen molar-refractivity contribution in [2.75, 3.05) is 7.11 Å². The first kappa shape index (κ1) is 16.6. The summed E-state index contributed by atoms with van der Waals surface area (Å²) in [5.41, 5.74) is 4.74. The summed E-state index contributed by atoms with van der Waals surface area (Å²) in [7, 11) is 1.61. The van der Waals surface area contributed by atoms with E-state index in [1.165, 1.54) is 16.8 Å². The fourth-order valence-corrected chi connectivity index (χ4v) is 4.11. The summed E-state index contributed by atoms with van der Waals surface area (Å²) in [4.78, 5) is 0. The summed E-state index contributed by atoms with van der Waals surface area (Å²) in [5.74, 6) is 0.675. The second-order valence-electron chi connectivity index (χ2n) is 6.48. The van der Waals surface area contributed by atoms with E-state index in [-0.39, 0.29) is 0 Å². The van der Waals surface area contributed by atoms with Crippen LogP contribution in [-0.2, 0) is 19.3 Å². The van der Waals surface area contributed by atoms with Crippen LogP contribution in [0, 0.1) is 0 Å². The summed E-state index contributed by atoms with van der Waals surface area (Å²) < 4.78 is 7.51. The molecular weight excluding hydrogens is 357 g/mol. The number of methoxy groups -OCH3 is 1. The maximum Gasteiger partial charge on any atom is 0.121 e. The van der Waals surface area contributed by atoms with Crippen molar-refractivity contribution in [2.45, 2.75) is 31.7 Å². The molecular formula is C19H19Cl2N3O. The third-order valence-electron chi connectivity index (χ3n) is 4.92. The van der Waals surface area contributed by atoms with Crippen LogP contribution in [0.5, 0.6) is 5.75 Å². The number of halogens is 2. The van der Waals surface area contributed by atoms with E-state index in [0.29, 0.717) is 28.3 Å². The number of H-pyrrole nitrogens is 1. The van der Waals surface area contributed by atoms with Crippen molar-refractivity contribution in [1.29, 1.82) is 0 Å². The van der Waals surface area contributed by atoms with E-state index in [0.717, 1.165) is 24.8 Å². The molecule has 4 rings (SSSR count). The number of hydrogen-bond donors (Lipinski definition) is 1. The highest BCUT2D eigenvalue weighted by Crippen LogP contribution is 2.33. The minimum Gasteiger partial charge on any atom is -0.497 e. The Labute approximate surface area is 156 Å². The average molecular weight is 376 g/mol. The Bertz CT molecular complexity index is 877. The van der Waals surface area contributed by atoms with E-state index in [2.05, 4.69) is 33.2 Å². The zero-order valence-corrected chi connectivity index (χ0v) is 15.4. The van der Waals surface area contributed by atoms with Gasteiger partial charge in [0.1, 0.15) is 5.75 Å². The normalized spacial score (nSPS) is 16.7. The van der Waals surface area contributed by atoms with Gasteiger partial charge in [-0.05, 0) is 54.2 Å². The molecule has 6 heteroatoms. The predicted octanol–water partition coefficient (Wildman–Crippen LogP) is 4.85. The van der Waals surface area contributed by atoms with Crippen molar-refractivity contribution in [1.82, 2.24) is 14.8 Å². The van der Waals surface area contributed by atoms with E-state index in [4.69, 9.17) is 27.9 Å². The zero-order valence-electron chi connectivity index (χ0n) is 13.9.